The van der Waals surface area contributed by atoms with Crippen molar-refractivity contribution in [3.8, 4) is 0 Å². The minimum absolute atomic E-state index is 0. The van der Waals surface area contributed by atoms with E-state index < -0.39 is 0 Å². The van der Waals surface area contributed by atoms with Crippen molar-refractivity contribution in [3.05, 3.63) is 28.8 Å². The molecule has 1 unspecified atom stereocenters. The van der Waals surface area contributed by atoms with Crippen molar-refractivity contribution in [1.29, 1.82) is 0 Å². The SMILES string of the molecule is CN(C)C(=O)c1ccc(NC(=O)C2CC23CCNCC3)cc1Cl.Cl. The molecule has 0 radical (unpaired) electrons. The lowest BCUT2D eigenvalue weighted by Gasteiger charge is -2.23. The number of piperidine rings is 1. The summed E-state index contributed by atoms with van der Waals surface area (Å²) in [4.78, 5) is 25.9. The molecule has 1 saturated heterocycles. The fraction of sp³-hybridized carbons (Fsp3) is 0.529. The van der Waals surface area contributed by atoms with E-state index >= 15 is 0 Å². The first-order valence-electron chi connectivity index (χ1n) is 7.96. The molecule has 1 atom stereocenters. The fourth-order valence-electron chi connectivity index (χ4n) is 3.43. The van der Waals surface area contributed by atoms with Crippen molar-refractivity contribution in [2.45, 2.75) is 19.3 Å². The Morgan fingerprint density at radius 2 is 1.96 bits per heavy atom. The molecule has 2 N–H and O–H groups in total. The van der Waals surface area contributed by atoms with Crippen LogP contribution in [0.15, 0.2) is 18.2 Å². The van der Waals surface area contributed by atoms with Crippen LogP contribution in [0.25, 0.3) is 0 Å². The lowest BCUT2D eigenvalue weighted by Crippen LogP contribution is -2.31. The van der Waals surface area contributed by atoms with Crippen LogP contribution in [0.3, 0.4) is 0 Å². The number of carbonyl (C=O) groups excluding carboxylic acids is 2. The Kier molecular flexibility index (Phi) is 5.78. The van der Waals surface area contributed by atoms with Crippen LogP contribution in [0.4, 0.5) is 5.69 Å². The van der Waals surface area contributed by atoms with Gasteiger partial charge in [-0.3, -0.25) is 9.59 Å². The Balaban J connectivity index is 0.00000208. The second kappa shape index (κ2) is 7.30. The number of nitrogens with one attached hydrogen (secondary N) is 2. The smallest absolute Gasteiger partial charge is 0.254 e. The molecule has 1 spiro atoms. The van der Waals surface area contributed by atoms with Gasteiger partial charge in [0, 0.05) is 25.7 Å². The van der Waals surface area contributed by atoms with Crippen LogP contribution < -0.4 is 10.6 Å². The van der Waals surface area contributed by atoms with Crippen molar-refractivity contribution >= 4 is 41.5 Å². The second-order valence-electron chi connectivity index (χ2n) is 6.75. The molecule has 1 aromatic rings. The third-order valence-electron chi connectivity index (χ3n) is 4.98. The van der Waals surface area contributed by atoms with E-state index in [4.69, 9.17) is 11.6 Å². The highest BCUT2D eigenvalue weighted by atomic mass is 35.5. The maximum Gasteiger partial charge on any atom is 0.254 e. The van der Waals surface area contributed by atoms with Gasteiger partial charge in [0.2, 0.25) is 5.91 Å². The number of hydrogen-bond acceptors (Lipinski definition) is 3. The number of carbonyl (C=O) groups is 2. The predicted octanol–water partition coefficient (Wildman–Crippen LogP) is 2.79. The van der Waals surface area contributed by atoms with E-state index in [1.54, 1.807) is 32.3 Å². The molecular formula is C17H23Cl2N3O2. The highest BCUT2D eigenvalue weighted by molar-refractivity contribution is 6.34. The van der Waals surface area contributed by atoms with Crippen LogP contribution in [-0.4, -0.2) is 43.9 Å². The molecule has 0 bridgehead atoms. The molecule has 2 aliphatic rings. The van der Waals surface area contributed by atoms with E-state index in [9.17, 15) is 9.59 Å². The molecule has 1 heterocycles. The number of amides is 2. The lowest BCUT2D eigenvalue weighted by atomic mass is 9.92. The first-order valence-corrected chi connectivity index (χ1v) is 8.33. The summed E-state index contributed by atoms with van der Waals surface area (Å²) in [7, 11) is 3.36. The summed E-state index contributed by atoms with van der Waals surface area (Å²) in [5.74, 6) is 0.0184. The first kappa shape index (κ1) is 19.0. The molecule has 3 rings (SSSR count). The van der Waals surface area contributed by atoms with E-state index in [-0.39, 0.29) is 35.6 Å². The zero-order valence-electron chi connectivity index (χ0n) is 13.9. The topological polar surface area (TPSA) is 61.4 Å². The minimum Gasteiger partial charge on any atom is -0.345 e. The van der Waals surface area contributed by atoms with Gasteiger partial charge >= 0.3 is 0 Å². The van der Waals surface area contributed by atoms with Gasteiger partial charge in [-0.1, -0.05) is 11.6 Å². The average molecular weight is 372 g/mol. The third kappa shape index (κ3) is 3.68. The molecule has 1 aliphatic heterocycles. The number of anilines is 1. The largest absolute Gasteiger partial charge is 0.345 e. The van der Waals surface area contributed by atoms with Crippen molar-refractivity contribution in [2.75, 3.05) is 32.5 Å². The summed E-state index contributed by atoms with van der Waals surface area (Å²) in [5.41, 5.74) is 1.29. The van der Waals surface area contributed by atoms with Crippen LogP contribution in [0, 0.1) is 11.3 Å². The van der Waals surface area contributed by atoms with Crippen LogP contribution >= 0.6 is 24.0 Å². The third-order valence-corrected chi connectivity index (χ3v) is 5.29. The summed E-state index contributed by atoms with van der Waals surface area (Å²) in [5, 5.41) is 6.64. The summed E-state index contributed by atoms with van der Waals surface area (Å²) in [6.07, 6.45) is 3.12. The van der Waals surface area contributed by atoms with Crippen LogP contribution in [0.1, 0.15) is 29.6 Å². The first-order chi connectivity index (χ1) is 10.9. The van der Waals surface area contributed by atoms with Gasteiger partial charge in [0.1, 0.15) is 0 Å². The van der Waals surface area contributed by atoms with Gasteiger partial charge in [-0.2, -0.15) is 0 Å². The zero-order chi connectivity index (χ0) is 16.6. The monoisotopic (exact) mass is 371 g/mol. The Labute approximate surface area is 153 Å². The molecule has 132 valence electrons. The second-order valence-corrected chi connectivity index (χ2v) is 7.16. The lowest BCUT2D eigenvalue weighted by molar-refractivity contribution is -0.118. The standard InChI is InChI=1S/C17H22ClN3O2.ClH/c1-21(2)16(23)12-4-3-11(9-14(12)18)20-15(22)13-10-17(13)5-7-19-8-6-17;/h3-4,9,13,19H,5-8,10H2,1-2H3,(H,20,22);1H. The van der Waals surface area contributed by atoms with E-state index in [0.717, 1.165) is 32.4 Å². The Morgan fingerprint density at radius 1 is 1.29 bits per heavy atom. The van der Waals surface area contributed by atoms with Crippen molar-refractivity contribution in [2.24, 2.45) is 11.3 Å². The number of halogens is 2. The molecule has 2 fully saturated rings. The van der Waals surface area contributed by atoms with Gasteiger partial charge in [0.15, 0.2) is 0 Å². The minimum atomic E-state index is -0.149. The molecule has 1 saturated carbocycles. The number of hydrogen-bond donors (Lipinski definition) is 2. The van der Waals surface area contributed by atoms with Gasteiger partial charge < -0.3 is 15.5 Å². The van der Waals surface area contributed by atoms with Crippen molar-refractivity contribution in [1.82, 2.24) is 10.2 Å². The average Bonchev–Trinajstić information content (AvgIpc) is 3.21. The van der Waals surface area contributed by atoms with Crippen LogP contribution in [-0.2, 0) is 4.79 Å². The van der Waals surface area contributed by atoms with Crippen molar-refractivity contribution in [3.63, 3.8) is 0 Å². The highest BCUT2D eigenvalue weighted by Crippen LogP contribution is 2.58. The zero-order valence-corrected chi connectivity index (χ0v) is 15.5. The molecule has 7 heteroatoms. The van der Waals surface area contributed by atoms with Crippen LogP contribution in [0.2, 0.25) is 5.02 Å². The number of rotatable bonds is 3. The Morgan fingerprint density at radius 3 is 2.54 bits per heavy atom. The normalized spacial score (nSPS) is 20.9. The van der Waals surface area contributed by atoms with E-state index in [1.807, 2.05) is 0 Å². The summed E-state index contributed by atoms with van der Waals surface area (Å²) in [6, 6.07) is 5.04. The molecular weight excluding hydrogens is 349 g/mol. The summed E-state index contributed by atoms with van der Waals surface area (Å²) >= 11 is 6.18. The van der Waals surface area contributed by atoms with E-state index in [1.165, 1.54) is 4.90 Å². The summed E-state index contributed by atoms with van der Waals surface area (Å²) in [6.45, 7) is 1.99. The Bertz CT molecular complexity index is 643. The van der Waals surface area contributed by atoms with Gasteiger partial charge in [-0.05, 0) is 56.0 Å². The van der Waals surface area contributed by atoms with E-state index in [2.05, 4.69) is 10.6 Å². The van der Waals surface area contributed by atoms with Gasteiger partial charge in [-0.25, -0.2) is 0 Å². The molecule has 2 amide bonds. The van der Waals surface area contributed by atoms with Crippen LogP contribution in [0.5, 0.6) is 0 Å². The van der Waals surface area contributed by atoms with E-state index in [0.29, 0.717) is 16.3 Å². The molecule has 5 nitrogen and oxygen atoms in total. The highest BCUT2D eigenvalue weighted by Gasteiger charge is 2.57. The maximum absolute atomic E-state index is 12.4. The number of nitrogens with zero attached hydrogens (tertiary/aromatic N) is 1. The van der Waals surface area contributed by atoms with Crippen molar-refractivity contribution < 1.29 is 9.59 Å². The molecule has 1 aromatic carbocycles. The Hall–Kier alpha value is -1.30. The molecule has 1 aliphatic carbocycles. The molecule has 24 heavy (non-hydrogen) atoms. The fourth-order valence-corrected chi connectivity index (χ4v) is 3.69. The number of benzene rings is 1. The predicted molar refractivity (Wildman–Crippen MR) is 98.0 cm³/mol. The van der Waals surface area contributed by atoms with Gasteiger partial charge in [0.25, 0.3) is 5.91 Å². The molecule has 0 aromatic heterocycles. The van der Waals surface area contributed by atoms with Gasteiger partial charge in [0.05, 0.1) is 10.6 Å². The summed E-state index contributed by atoms with van der Waals surface area (Å²) < 4.78 is 0. The maximum atomic E-state index is 12.4. The van der Waals surface area contributed by atoms with Gasteiger partial charge in [-0.15, -0.1) is 12.4 Å². The quantitative estimate of drug-likeness (QED) is 0.858.